The molecule has 1 N–H and O–H groups in total. The molecule has 2 aromatic heterocycles. The zero-order valence-electron chi connectivity index (χ0n) is 14.4. The lowest BCUT2D eigenvalue weighted by molar-refractivity contribution is 0.102. The van der Waals surface area contributed by atoms with Crippen LogP contribution in [-0.2, 0) is 0 Å². The number of hydrogen-bond donors (Lipinski definition) is 1. The van der Waals surface area contributed by atoms with Gasteiger partial charge in [0.2, 0.25) is 0 Å². The fraction of sp³-hybridized carbons (Fsp3) is 0.0500. The molecule has 0 bridgehead atoms. The smallest absolute Gasteiger partial charge is 0.275 e. The van der Waals surface area contributed by atoms with Gasteiger partial charge >= 0.3 is 0 Å². The summed E-state index contributed by atoms with van der Waals surface area (Å²) in [6.45, 7) is 0. The maximum Gasteiger partial charge on any atom is 0.275 e. The van der Waals surface area contributed by atoms with E-state index in [1.165, 1.54) is 11.3 Å². The zero-order chi connectivity index (χ0) is 18.6. The Balaban J connectivity index is 1.50. The summed E-state index contributed by atoms with van der Waals surface area (Å²) in [5, 5.41) is 8.27. The Morgan fingerprint density at radius 2 is 1.85 bits per heavy atom. The molecule has 0 saturated heterocycles. The number of carbonyl (C=O) groups excluding carboxylic acids is 1. The van der Waals surface area contributed by atoms with Crippen LogP contribution in [0.15, 0.2) is 65.5 Å². The first-order valence-electron chi connectivity index (χ1n) is 8.15. The number of methoxy groups -OCH3 is 1. The summed E-state index contributed by atoms with van der Waals surface area (Å²) >= 11 is 2.99. The van der Waals surface area contributed by atoms with Gasteiger partial charge in [0.05, 0.1) is 12.7 Å². The molecule has 134 valence electrons. The predicted octanol–water partition coefficient (Wildman–Crippen LogP) is 5.19. The molecule has 0 aliphatic rings. The quantitative estimate of drug-likeness (QED) is 0.506. The van der Waals surface area contributed by atoms with Gasteiger partial charge in [-0.15, -0.1) is 22.7 Å². The molecule has 0 radical (unpaired) electrons. The Hall–Kier alpha value is -3.03. The zero-order valence-corrected chi connectivity index (χ0v) is 16.0. The van der Waals surface area contributed by atoms with Gasteiger partial charge < -0.3 is 10.1 Å². The van der Waals surface area contributed by atoms with Gasteiger partial charge in [0.1, 0.15) is 21.5 Å². The van der Waals surface area contributed by atoms with Gasteiger partial charge in [-0.1, -0.05) is 12.1 Å². The van der Waals surface area contributed by atoms with Crippen LogP contribution in [0.3, 0.4) is 0 Å². The first-order valence-corrected chi connectivity index (χ1v) is 9.91. The van der Waals surface area contributed by atoms with E-state index in [0.717, 1.165) is 26.9 Å². The van der Waals surface area contributed by atoms with Crippen molar-refractivity contribution in [3.63, 3.8) is 0 Å². The van der Waals surface area contributed by atoms with Crippen LogP contribution in [0.4, 0.5) is 5.69 Å². The number of nitrogens with zero attached hydrogens (tertiary/aromatic N) is 2. The van der Waals surface area contributed by atoms with Crippen molar-refractivity contribution in [1.82, 2.24) is 9.97 Å². The molecule has 2 aromatic carbocycles. The first kappa shape index (κ1) is 17.4. The van der Waals surface area contributed by atoms with Crippen LogP contribution in [0.2, 0.25) is 0 Å². The van der Waals surface area contributed by atoms with Crippen LogP contribution in [0.25, 0.3) is 21.1 Å². The molecule has 2 heterocycles. The number of para-hydroxylation sites is 1. The summed E-state index contributed by atoms with van der Waals surface area (Å²) < 4.78 is 5.37. The second-order valence-corrected chi connectivity index (χ2v) is 7.36. The van der Waals surface area contributed by atoms with E-state index in [9.17, 15) is 4.79 Å². The van der Waals surface area contributed by atoms with Crippen molar-refractivity contribution in [3.8, 4) is 26.9 Å². The lowest BCUT2D eigenvalue weighted by atomic mass is 10.2. The van der Waals surface area contributed by atoms with Crippen molar-refractivity contribution in [2.45, 2.75) is 0 Å². The fourth-order valence-electron chi connectivity index (χ4n) is 2.58. The average molecular weight is 393 g/mol. The van der Waals surface area contributed by atoms with Gasteiger partial charge in [0, 0.05) is 28.2 Å². The van der Waals surface area contributed by atoms with Crippen LogP contribution < -0.4 is 10.1 Å². The molecule has 0 unspecified atom stereocenters. The highest BCUT2D eigenvalue weighted by molar-refractivity contribution is 7.13. The summed E-state index contributed by atoms with van der Waals surface area (Å²) in [7, 11) is 1.62. The van der Waals surface area contributed by atoms with E-state index < -0.39 is 0 Å². The van der Waals surface area contributed by atoms with E-state index >= 15 is 0 Å². The minimum Gasteiger partial charge on any atom is -0.496 e. The van der Waals surface area contributed by atoms with Crippen molar-refractivity contribution < 1.29 is 9.53 Å². The first-order chi connectivity index (χ1) is 13.2. The third-order valence-corrected chi connectivity index (χ3v) is 5.59. The van der Waals surface area contributed by atoms with E-state index in [4.69, 9.17) is 4.74 Å². The van der Waals surface area contributed by atoms with Gasteiger partial charge in [0.15, 0.2) is 0 Å². The lowest BCUT2D eigenvalue weighted by Gasteiger charge is -2.05. The predicted molar refractivity (Wildman–Crippen MR) is 110 cm³/mol. The van der Waals surface area contributed by atoms with E-state index in [1.54, 1.807) is 30.0 Å². The van der Waals surface area contributed by atoms with Crippen molar-refractivity contribution in [3.05, 3.63) is 71.2 Å². The highest BCUT2D eigenvalue weighted by Crippen LogP contribution is 2.32. The molecule has 4 aromatic rings. The number of benzene rings is 2. The number of hydrogen-bond acceptors (Lipinski definition) is 6. The Kier molecular flexibility index (Phi) is 4.95. The third-order valence-electron chi connectivity index (χ3n) is 3.90. The van der Waals surface area contributed by atoms with Gasteiger partial charge in [-0.2, -0.15) is 0 Å². The molecule has 5 nitrogen and oxygen atoms in total. The summed E-state index contributed by atoms with van der Waals surface area (Å²) in [6.07, 6.45) is 1.78. The maximum absolute atomic E-state index is 12.5. The number of aromatic nitrogens is 2. The molecule has 1 amide bonds. The number of rotatable bonds is 5. The van der Waals surface area contributed by atoms with Gasteiger partial charge in [-0.05, 0) is 36.4 Å². The number of carbonyl (C=O) groups is 1. The topological polar surface area (TPSA) is 64.1 Å². The molecule has 0 spiro atoms. The Morgan fingerprint density at radius 3 is 2.59 bits per heavy atom. The van der Waals surface area contributed by atoms with Crippen molar-refractivity contribution >= 4 is 34.3 Å². The van der Waals surface area contributed by atoms with E-state index in [2.05, 4.69) is 15.3 Å². The molecule has 7 heteroatoms. The summed E-state index contributed by atoms with van der Waals surface area (Å²) in [5.74, 6) is 0.492. The van der Waals surface area contributed by atoms with Crippen LogP contribution in [0.1, 0.15) is 10.5 Å². The highest BCUT2D eigenvalue weighted by atomic mass is 32.1. The second kappa shape index (κ2) is 7.69. The van der Waals surface area contributed by atoms with E-state index in [1.807, 2.05) is 53.9 Å². The van der Waals surface area contributed by atoms with E-state index in [-0.39, 0.29) is 5.91 Å². The van der Waals surface area contributed by atoms with Gasteiger partial charge in [0.25, 0.3) is 5.91 Å². The second-order valence-electron chi connectivity index (χ2n) is 5.61. The van der Waals surface area contributed by atoms with Crippen LogP contribution in [-0.4, -0.2) is 23.0 Å². The molecule has 0 saturated carbocycles. The maximum atomic E-state index is 12.5. The highest BCUT2D eigenvalue weighted by Gasteiger charge is 2.14. The van der Waals surface area contributed by atoms with E-state index in [0.29, 0.717) is 11.4 Å². The molecule has 0 atom stereocenters. The van der Waals surface area contributed by atoms with Crippen LogP contribution in [0, 0.1) is 0 Å². The van der Waals surface area contributed by atoms with Crippen molar-refractivity contribution in [2.75, 3.05) is 12.4 Å². The number of anilines is 1. The SMILES string of the molecule is COc1ccccc1-c1nc(C(=O)Nc2ccc(-c3nccs3)cc2)cs1. The molecule has 0 aliphatic carbocycles. The van der Waals surface area contributed by atoms with Crippen LogP contribution in [0.5, 0.6) is 5.75 Å². The minimum atomic E-state index is -0.241. The lowest BCUT2D eigenvalue weighted by Crippen LogP contribution is -2.12. The number of ether oxygens (including phenoxy) is 1. The van der Waals surface area contributed by atoms with Gasteiger partial charge in [-0.3, -0.25) is 4.79 Å². The third kappa shape index (κ3) is 3.74. The Labute approximate surface area is 164 Å². The number of nitrogens with one attached hydrogen (secondary N) is 1. The summed E-state index contributed by atoms with van der Waals surface area (Å²) in [6, 6.07) is 15.2. The minimum absolute atomic E-state index is 0.241. The summed E-state index contributed by atoms with van der Waals surface area (Å²) in [4.78, 5) is 21.3. The summed E-state index contributed by atoms with van der Waals surface area (Å²) in [5.41, 5.74) is 2.99. The number of thiazole rings is 2. The molecular weight excluding hydrogens is 378 g/mol. The average Bonchev–Trinajstić information content (AvgIpc) is 3.41. The normalized spacial score (nSPS) is 10.6. The molecule has 27 heavy (non-hydrogen) atoms. The molecule has 0 aliphatic heterocycles. The van der Waals surface area contributed by atoms with Crippen molar-refractivity contribution in [1.29, 1.82) is 0 Å². The van der Waals surface area contributed by atoms with Gasteiger partial charge in [-0.25, -0.2) is 9.97 Å². The molecular formula is C20H15N3O2S2. The fourth-order valence-corrected chi connectivity index (χ4v) is 4.05. The Bertz CT molecular complexity index is 1060. The van der Waals surface area contributed by atoms with Crippen LogP contribution >= 0.6 is 22.7 Å². The standard InChI is InChI=1S/C20H15N3O2S2/c1-25-17-5-3-2-4-15(17)20-23-16(12-27-20)18(24)22-14-8-6-13(7-9-14)19-21-10-11-26-19/h2-12H,1H3,(H,22,24). The van der Waals surface area contributed by atoms with Crippen molar-refractivity contribution in [2.24, 2.45) is 0 Å². The monoisotopic (exact) mass is 393 g/mol. The molecule has 0 fully saturated rings. The number of amides is 1. The largest absolute Gasteiger partial charge is 0.496 e. The molecule has 4 rings (SSSR count). The Morgan fingerprint density at radius 1 is 1.04 bits per heavy atom.